The van der Waals surface area contributed by atoms with Crippen LogP contribution < -0.4 is 0 Å². The molecule has 0 radical (unpaired) electrons. The Bertz CT molecular complexity index is 735. The van der Waals surface area contributed by atoms with Gasteiger partial charge in [-0.25, -0.2) is 9.37 Å². The Morgan fingerprint density at radius 2 is 2.24 bits per heavy atom. The molecule has 2 heterocycles. The number of carbonyl (C=O) groups excluding carboxylic acids is 1. The Morgan fingerprint density at radius 3 is 3.00 bits per heavy atom. The number of hydrogen-bond acceptors (Lipinski definition) is 4. The zero-order valence-electron chi connectivity index (χ0n) is 14.5. The van der Waals surface area contributed by atoms with Gasteiger partial charge in [0.05, 0.1) is 10.8 Å². The van der Waals surface area contributed by atoms with Crippen LogP contribution in [-0.4, -0.2) is 43.8 Å². The summed E-state index contributed by atoms with van der Waals surface area (Å²) in [6.45, 7) is 4.84. The first-order chi connectivity index (χ1) is 12.1. The molecule has 25 heavy (non-hydrogen) atoms. The van der Waals surface area contributed by atoms with Crippen molar-refractivity contribution in [1.82, 2.24) is 20.1 Å². The largest absolute Gasteiger partial charge is 0.339 e. The van der Waals surface area contributed by atoms with Gasteiger partial charge in [0.15, 0.2) is 5.82 Å². The highest BCUT2D eigenvalue weighted by Gasteiger charge is 2.29. The van der Waals surface area contributed by atoms with E-state index in [2.05, 4.69) is 22.1 Å². The van der Waals surface area contributed by atoms with Gasteiger partial charge in [0.25, 0.3) is 0 Å². The number of piperidine rings is 1. The van der Waals surface area contributed by atoms with E-state index >= 15 is 0 Å². The topological polar surface area (TPSA) is 61.9 Å². The van der Waals surface area contributed by atoms with Crippen molar-refractivity contribution in [2.24, 2.45) is 0 Å². The third-order valence-corrected chi connectivity index (χ3v) is 5.55. The van der Waals surface area contributed by atoms with E-state index in [0.717, 1.165) is 25.8 Å². The van der Waals surface area contributed by atoms with Crippen LogP contribution >= 0.6 is 11.8 Å². The molecular weight excluding hydrogens is 339 g/mol. The first-order valence-electron chi connectivity index (χ1n) is 8.74. The minimum Gasteiger partial charge on any atom is -0.339 e. The van der Waals surface area contributed by atoms with Crippen LogP contribution in [0.25, 0.3) is 11.4 Å². The summed E-state index contributed by atoms with van der Waals surface area (Å²) in [6.07, 6.45) is 4.33. The van der Waals surface area contributed by atoms with E-state index < -0.39 is 0 Å². The highest BCUT2D eigenvalue weighted by molar-refractivity contribution is 8.00. The molecule has 0 bridgehead atoms. The number of amides is 1. The third-order valence-electron chi connectivity index (χ3n) is 4.61. The summed E-state index contributed by atoms with van der Waals surface area (Å²) in [4.78, 5) is 19.1. The molecule has 7 heteroatoms. The monoisotopic (exact) mass is 362 g/mol. The Labute approximate surface area is 151 Å². The fourth-order valence-electron chi connectivity index (χ4n) is 3.23. The molecule has 0 spiro atoms. The van der Waals surface area contributed by atoms with E-state index in [1.807, 2.05) is 11.8 Å². The molecular formula is C18H23FN4OS. The summed E-state index contributed by atoms with van der Waals surface area (Å²) in [5.74, 6) is 0.164. The number of carbonyl (C=O) groups is 1. The second-order valence-corrected chi connectivity index (χ2v) is 7.60. The highest BCUT2D eigenvalue weighted by Crippen LogP contribution is 2.27. The molecule has 2 aromatic rings. The number of nitrogens with one attached hydrogen (secondary N) is 1. The third kappa shape index (κ3) is 4.03. The van der Waals surface area contributed by atoms with Crippen LogP contribution in [-0.2, 0) is 4.79 Å². The normalized spacial score (nSPS) is 19.0. The van der Waals surface area contributed by atoms with Crippen LogP contribution in [0.5, 0.6) is 0 Å². The number of nitrogens with zero attached hydrogens (tertiary/aromatic N) is 3. The van der Waals surface area contributed by atoms with Crippen molar-refractivity contribution in [2.75, 3.05) is 6.54 Å². The number of H-pyrrole nitrogens is 1. The minimum atomic E-state index is -0.349. The van der Waals surface area contributed by atoms with E-state index in [4.69, 9.17) is 0 Å². The minimum absolute atomic E-state index is 0.133. The van der Waals surface area contributed by atoms with E-state index in [0.29, 0.717) is 22.6 Å². The molecule has 1 aromatic heterocycles. The van der Waals surface area contributed by atoms with Crippen LogP contribution in [0.4, 0.5) is 4.39 Å². The van der Waals surface area contributed by atoms with Gasteiger partial charge in [-0.1, -0.05) is 30.8 Å². The van der Waals surface area contributed by atoms with Gasteiger partial charge in [-0.15, -0.1) is 5.10 Å². The zero-order valence-corrected chi connectivity index (χ0v) is 15.4. The van der Waals surface area contributed by atoms with Crippen molar-refractivity contribution in [3.05, 3.63) is 30.1 Å². The van der Waals surface area contributed by atoms with Crippen LogP contribution in [0.2, 0.25) is 0 Å². The maximum absolute atomic E-state index is 13.8. The second kappa shape index (κ2) is 7.99. The van der Waals surface area contributed by atoms with Gasteiger partial charge in [0, 0.05) is 12.6 Å². The molecule has 1 aromatic carbocycles. The summed E-state index contributed by atoms with van der Waals surface area (Å²) < 4.78 is 13.8. The van der Waals surface area contributed by atoms with Crippen molar-refractivity contribution in [1.29, 1.82) is 0 Å². The van der Waals surface area contributed by atoms with Gasteiger partial charge in [0.2, 0.25) is 11.1 Å². The fourth-order valence-corrected chi connectivity index (χ4v) is 4.02. The number of benzene rings is 1. The molecule has 134 valence electrons. The number of rotatable bonds is 5. The van der Waals surface area contributed by atoms with Crippen LogP contribution in [0.15, 0.2) is 29.4 Å². The van der Waals surface area contributed by atoms with E-state index in [1.165, 1.54) is 24.2 Å². The molecule has 1 aliphatic rings. The molecule has 2 atom stereocenters. The number of likely N-dealkylation sites (tertiary alicyclic amines) is 1. The molecule has 0 aliphatic carbocycles. The summed E-state index contributed by atoms with van der Waals surface area (Å²) in [5, 5.41) is 7.08. The van der Waals surface area contributed by atoms with Crippen LogP contribution in [0.1, 0.15) is 39.5 Å². The van der Waals surface area contributed by atoms with E-state index in [-0.39, 0.29) is 17.0 Å². The number of halogens is 1. The molecule has 1 fully saturated rings. The Morgan fingerprint density at radius 1 is 1.44 bits per heavy atom. The van der Waals surface area contributed by atoms with Crippen molar-refractivity contribution in [3.8, 4) is 11.4 Å². The smallest absolute Gasteiger partial charge is 0.236 e. The van der Waals surface area contributed by atoms with Crippen LogP contribution in [0.3, 0.4) is 0 Å². The van der Waals surface area contributed by atoms with Crippen molar-refractivity contribution in [3.63, 3.8) is 0 Å². The molecule has 3 rings (SSSR count). The first kappa shape index (κ1) is 17.9. The SMILES string of the molecule is CCC1CCCCN1C(=O)C(C)Sc1n[nH]c(-c2ccccc2F)n1. The van der Waals surface area contributed by atoms with Gasteiger partial charge in [-0.3, -0.25) is 9.89 Å². The van der Waals surface area contributed by atoms with Crippen molar-refractivity contribution in [2.45, 2.75) is 56.0 Å². The number of aromatic nitrogens is 3. The van der Waals surface area contributed by atoms with Gasteiger partial charge in [-0.2, -0.15) is 0 Å². The summed E-state index contributed by atoms with van der Waals surface area (Å²) in [6, 6.07) is 6.76. The average Bonchev–Trinajstić information content (AvgIpc) is 3.09. The standard InChI is InChI=1S/C18H23FN4OS/c1-3-13-8-6-7-11-23(13)17(24)12(2)25-18-20-16(21-22-18)14-9-4-5-10-15(14)19/h4-5,9-10,12-13H,3,6-8,11H2,1-2H3,(H,20,21,22). The Hall–Kier alpha value is -1.89. The predicted octanol–water partition coefficient (Wildman–Crippen LogP) is 3.88. The maximum atomic E-state index is 13.8. The zero-order chi connectivity index (χ0) is 17.8. The van der Waals surface area contributed by atoms with Gasteiger partial charge in [0.1, 0.15) is 5.82 Å². The van der Waals surface area contributed by atoms with Gasteiger partial charge < -0.3 is 4.90 Å². The van der Waals surface area contributed by atoms with Crippen molar-refractivity contribution >= 4 is 17.7 Å². The lowest BCUT2D eigenvalue weighted by atomic mass is 10.00. The molecule has 1 aliphatic heterocycles. The van der Waals surface area contributed by atoms with E-state index in [1.54, 1.807) is 18.2 Å². The maximum Gasteiger partial charge on any atom is 0.236 e. The number of hydrogen-bond donors (Lipinski definition) is 1. The lowest BCUT2D eigenvalue weighted by Crippen LogP contribution is -2.46. The number of aromatic amines is 1. The predicted molar refractivity (Wildman–Crippen MR) is 96.7 cm³/mol. The molecule has 5 nitrogen and oxygen atoms in total. The quantitative estimate of drug-likeness (QED) is 0.820. The lowest BCUT2D eigenvalue weighted by molar-refractivity contribution is -0.134. The van der Waals surface area contributed by atoms with E-state index in [9.17, 15) is 9.18 Å². The van der Waals surface area contributed by atoms with Gasteiger partial charge >= 0.3 is 0 Å². The lowest BCUT2D eigenvalue weighted by Gasteiger charge is -2.36. The molecule has 1 saturated heterocycles. The molecule has 0 saturated carbocycles. The van der Waals surface area contributed by atoms with Crippen LogP contribution in [0, 0.1) is 5.82 Å². The number of thioether (sulfide) groups is 1. The fraction of sp³-hybridized carbons (Fsp3) is 0.500. The summed E-state index contributed by atoms with van der Waals surface area (Å²) >= 11 is 1.31. The Balaban J connectivity index is 1.68. The molecule has 2 unspecified atom stereocenters. The highest BCUT2D eigenvalue weighted by atomic mass is 32.2. The molecule has 1 N–H and O–H groups in total. The van der Waals surface area contributed by atoms with Crippen molar-refractivity contribution < 1.29 is 9.18 Å². The first-order valence-corrected chi connectivity index (χ1v) is 9.62. The van der Waals surface area contributed by atoms with Gasteiger partial charge in [-0.05, 0) is 44.7 Å². The summed E-state index contributed by atoms with van der Waals surface area (Å²) in [5.41, 5.74) is 0.378. The summed E-state index contributed by atoms with van der Waals surface area (Å²) in [7, 11) is 0. The second-order valence-electron chi connectivity index (χ2n) is 6.30. The molecule has 1 amide bonds. The average molecular weight is 362 g/mol. The Kier molecular flexibility index (Phi) is 5.73.